The van der Waals surface area contributed by atoms with Crippen LogP contribution in [0.25, 0.3) is 0 Å². The first kappa shape index (κ1) is 18.7. The Kier molecular flexibility index (Phi) is 5.84. The number of halogens is 2. The smallest absolute Gasteiger partial charge is 0.254 e. The molecule has 2 atom stereocenters. The Morgan fingerprint density at radius 2 is 1.73 bits per heavy atom. The van der Waals surface area contributed by atoms with Crippen molar-refractivity contribution in [2.45, 2.75) is 31.8 Å². The van der Waals surface area contributed by atoms with E-state index in [0.29, 0.717) is 35.0 Å². The largest absolute Gasteiger partial charge is 0.353 e. The van der Waals surface area contributed by atoms with Crippen LogP contribution in [-0.4, -0.2) is 29.3 Å². The molecule has 0 saturated carbocycles. The molecule has 1 heterocycles. The molecule has 0 aromatic heterocycles. The predicted molar refractivity (Wildman–Crippen MR) is 104 cm³/mol. The minimum absolute atomic E-state index is 0.0460. The summed E-state index contributed by atoms with van der Waals surface area (Å²) in [5.74, 6) is -0.160. The van der Waals surface area contributed by atoms with E-state index < -0.39 is 0 Å². The summed E-state index contributed by atoms with van der Waals surface area (Å²) < 4.78 is 0. The topological polar surface area (TPSA) is 49.4 Å². The van der Waals surface area contributed by atoms with Gasteiger partial charge in [0, 0.05) is 35.1 Å². The summed E-state index contributed by atoms with van der Waals surface area (Å²) in [6, 6.07) is 14.7. The van der Waals surface area contributed by atoms with Crippen molar-refractivity contribution in [1.29, 1.82) is 0 Å². The van der Waals surface area contributed by atoms with Crippen LogP contribution < -0.4 is 5.32 Å². The van der Waals surface area contributed by atoms with E-state index in [9.17, 15) is 9.59 Å². The highest BCUT2D eigenvalue weighted by molar-refractivity contribution is 6.35. The Hall–Kier alpha value is -2.04. The molecule has 2 amide bonds. The Morgan fingerprint density at radius 3 is 2.35 bits per heavy atom. The van der Waals surface area contributed by atoms with Gasteiger partial charge in [-0.1, -0.05) is 53.5 Å². The van der Waals surface area contributed by atoms with Gasteiger partial charge in [0.1, 0.15) is 0 Å². The summed E-state index contributed by atoms with van der Waals surface area (Å²) in [6.45, 7) is 2.07. The van der Waals surface area contributed by atoms with Crippen LogP contribution in [0.4, 0.5) is 0 Å². The molecule has 1 aliphatic heterocycles. The minimum Gasteiger partial charge on any atom is -0.353 e. The molecule has 26 heavy (non-hydrogen) atoms. The van der Waals surface area contributed by atoms with Gasteiger partial charge in [-0.25, -0.2) is 0 Å². The molecule has 0 bridgehead atoms. The van der Waals surface area contributed by atoms with E-state index in [2.05, 4.69) is 5.32 Å². The van der Waals surface area contributed by atoms with Gasteiger partial charge in [0.05, 0.1) is 6.04 Å². The van der Waals surface area contributed by atoms with Crippen LogP contribution in [0, 0.1) is 0 Å². The summed E-state index contributed by atoms with van der Waals surface area (Å²) in [7, 11) is 0. The Balaban J connectivity index is 1.90. The normalized spacial score (nSPS) is 19.9. The Bertz CT molecular complexity index is 790. The van der Waals surface area contributed by atoms with Gasteiger partial charge in [0.25, 0.3) is 5.91 Å². The molecule has 2 aromatic rings. The number of likely N-dealkylation sites (tertiary alicyclic amines) is 1. The first-order chi connectivity index (χ1) is 12.4. The van der Waals surface area contributed by atoms with Crippen molar-refractivity contribution in [3.63, 3.8) is 0 Å². The number of amides is 2. The fourth-order valence-corrected chi connectivity index (χ4v) is 3.99. The third-order valence-electron chi connectivity index (χ3n) is 4.56. The minimum atomic E-state index is -0.118. The van der Waals surface area contributed by atoms with E-state index in [1.165, 1.54) is 6.92 Å². The first-order valence-corrected chi connectivity index (χ1v) is 9.29. The Labute approximate surface area is 163 Å². The number of rotatable bonds is 3. The molecule has 0 aliphatic carbocycles. The predicted octanol–water partition coefficient (Wildman–Crippen LogP) is 4.48. The Morgan fingerprint density at radius 1 is 1.08 bits per heavy atom. The number of carbonyl (C=O) groups is 2. The zero-order chi connectivity index (χ0) is 18.7. The van der Waals surface area contributed by atoms with Gasteiger partial charge in [-0.15, -0.1) is 0 Å². The molecule has 136 valence electrons. The second-order valence-electron chi connectivity index (χ2n) is 6.50. The summed E-state index contributed by atoms with van der Waals surface area (Å²) >= 11 is 12.1. The summed E-state index contributed by atoms with van der Waals surface area (Å²) in [6.07, 6.45) is 1.38. The molecule has 1 N–H and O–H groups in total. The molecule has 6 heteroatoms. The average molecular weight is 391 g/mol. The third kappa shape index (κ3) is 4.37. The number of piperidine rings is 1. The monoisotopic (exact) mass is 390 g/mol. The van der Waals surface area contributed by atoms with Gasteiger partial charge in [0.15, 0.2) is 0 Å². The van der Waals surface area contributed by atoms with E-state index in [1.807, 2.05) is 35.2 Å². The van der Waals surface area contributed by atoms with Crippen molar-refractivity contribution >= 4 is 35.0 Å². The summed E-state index contributed by atoms with van der Waals surface area (Å²) in [5, 5.41) is 3.85. The van der Waals surface area contributed by atoms with Gasteiger partial charge < -0.3 is 10.2 Å². The maximum absolute atomic E-state index is 13.1. The van der Waals surface area contributed by atoms with E-state index in [-0.39, 0.29) is 23.9 Å². The van der Waals surface area contributed by atoms with Gasteiger partial charge in [-0.3, -0.25) is 9.59 Å². The standard InChI is InChI=1S/C20H20Cl2N2O2/c1-13(25)23-18-7-8-24(19(12-18)14-5-3-2-4-6-14)20(26)15-9-16(21)11-17(22)10-15/h2-6,9-11,18-19H,7-8,12H2,1H3,(H,23,25). The van der Waals surface area contributed by atoms with Crippen LogP contribution in [0.2, 0.25) is 10.0 Å². The molecule has 0 radical (unpaired) electrons. The molecule has 1 saturated heterocycles. The summed E-state index contributed by atoms with van der Waals surface area (Å²) in [4.78, 5) is 26.4. The lowest BCUT2D eigenvalue weighted by Crippen LogP contribution is -2.47. The van der Waals surface area contributed by atoms with Crippen LogP contribution in [0.5, 0.6) is 0 Å². The van der Waals surface area contributed by atoms with Gasteiger partial charge >= 0.3 is 0 Å². The van der Waals surface area contributed by atoms with Gasteiger partial charge in [-0.05, 0) is 36.6 Å². The van der Waals surface area contributed by atoms with Gasteiger partial charge in [0.2, 0.25) is 5.91 Å². The van der Waals surface area contributed by atoms with E-state index in [1.54, 1.807) is 18.2 Å². The molecular formula is C20H20Cl2N2O2. The second kappa shape index (κ2) is 8.11. The molecule has 1 fully saturated rings. The van der Waals surface area contributed by atoms with Crippen molar-refractivity contribution < 1.29 is 9.59 Å². The highest BCUT2D eigenvalue weighted by Crippen LogP contribution is 2.33. The number of benzene rings is 2. The second-order valence-corrected chi connectivity index (χ2v) is 7.38. The molecule has 0 spiro atoms. The fourth-order valence-electron chi connectivity index (χ4n) is 3.46. The number of hydrogen-bond acceptors (Lipinski definition) is 2. The molecule has 2 aromatic carbocycles. The van der Waals surface area contributed by atoms with Crippen LogP contribution in [0.3, 0.4) is 0 Å². The zero-order valence-corrected chi connectivity index (χ0v) is 15.9. The van der Waals surface area contributed by atoms with Crippen molar-refractivity contribution in [2.75, 3.05) is 6.54 Å². The van der Waals surface area contributed by atoms with Crippen molar-refractivity contribution in [2.24, 2.45) is 0 Å². The van der Waals surface area contributed by atoms with Crippen LogP contribution in [0.15, 0.2) is 48.5 Å². The number of nitrogens with one attached hydrogen (secondary N) is 1. The van der Waals surface area contributed by atoms with Crippen molar-refractivity contribution in [3.8, 4) is 0 Å². The van der Waals surface area contributed by atoms with Crippen LogP contribution >= 0.6 is 23.2 Å². The van der Waals surface area contributed by atoms with Crippen molar-refractivity contribution in [3.05, 3.63) is 69.7 Å². The highest BCUT2D eigenvalue weighted by atomic mass is 35.5. The number of hydrogen-bond donors (Lipinski definition) is 1. The van der Waals surface area contributed by atoms with Crippen molar-refractivity contribution in [1.82, 2.24) is 10.2 Å². The lowest BCUT2D eigenvalue weighted by molar-refractivity contribution is -0.120. The molecule has 3 rings (SSSR count). The fraction of sp³-hybridized carbons (Fsp3) is 0.300. The number of carbonyl (C=O) groups excluding carboxylic acids is 2. The SMILES string of the molecule is CC(=O)NC1CCN(C(=O)c2cc(Cl)cc(Cl)c2)C(c2ccccc2)C1. The lowest BCUT2D eigenvalue weighted by Gasteiger charge is -2.40. The first-order valence-electron chi connectivity index (χ1n) is 8.53. The van der Waals surface area contributed by atoms with Gasteiger partial charge in [-0.2, -0.15) is 0 Å². The van der Waals surface area contributed by atoms with E-state index in [0.717, 1.165) is 5.56 Å². The van der Waals surface area contributed by atoms with Crippen LogP contribution in [-0.2, 0) is 4.79 Å². The quantitative estimate of drug-likeness (QED) is 0.839. The van der Waals surface area contributed by atoms with E-state index >= 15 is 0 Å². The maximum atomic E-state index is 13.1. The molecule has 1 aliphatic rings. The maximum Gasteiger partial charge on any atom is 0.254 e. The summed E-state index contributed by atoms with van der Waals surface area (Å²) in [5.41, 5.74) is 1.52. The average Bonchev–Trinajstić information content (AvgIpc) is 2.60. The number of nitrogens with zero attached hydrogens (tertiary/aromatic N) is 1. The molecular weight excluding hydrogens is 371 g/mol. The zero-order valence-electron chi connectivity index (χ0n) is 14.4. The molecule has 2 unspecified atom stereocenters. The highest BCUT2D eigenvalue weighted by Gasteiger charge is 2.33. The van der Waals surface area contributed by atoms with E-state index in [4.69, 9.17) is 23.2 Å². The molecule has 4 nitrogen and oxygen atoms in total. The third-order valence-corrected chi connectivity index (χ3v) is 5.00. The van der Waals surface area contributed by atoms with Crippen LogP contribution in [0.1, 0.15) is 41.7 Å². The lowest BCUT2D eigenvalue weighted by atomic mass is 9.91.